The molecule has 1 atom stereocenters. The highest BCUT2D eigenvalue weighted by atomic mass is 35.5. The first-order chi connectivity index (χ1) is 14.3. The molecule has 1 heterocycles. The zero-order valence-corrected chi connectivity index (χ0v) is 17.9. The van der Waals surface area contributed by atoms with Gasteiger partial charge < -0.3 is 14.6 Å². The van der Waals surface area contributed by atoms with Crippen molar-refractivity contribution in [3.63, 3.8) is 0 Å². The van der Waals surface area contributed by atoms with Gasteiger partial charge in [0.2, 0.25) is 5.91 Å². The highest BCUT2D eigenvalue weighted by Gasteiger charge is 2.22. The van der Waals surface area contributed by atoms with E-state index >= 15 is 0 Å². The van der Waals surface area contributed by atoms with Gasteiger partial charge >= 0.3 is 0 Å². The zero-order chi connectivity index (χ0) is 21.8. The highest BCUT2D eigenvalue weighted by molar-refractivity contribution is 8.00. The van der Waals surface area contributed by atoms with Gasteiger partial charge in [0.25, 0.3) is 5.69 Å². The fourth-order valence-corrected chi connectivity index (χ4v) is 3.68. The number of ether oxygens (including phenoxy) is 1. The molecule has 0 spiro atoms. The highest BCUT2D eigenvalue weighted by Crippen LogP contribution is 2.32. The van der Waals surface area contributed by atoms with Crippen molar-refractivity contribution in [1.82, 2.24) is 14.8 Å². The normalized spacial score (nSPS) is 11.7. The van der Waals surface area contributed by atoms with Gasteiger partial charge in [-0.15, -0.1) is 10.2 Å². The molecule has 156 valence electrons. The Labute approximate surface area is 181 Å². The molecule has 3 rings (SSSR count). The minimum atomic E-state index is -0.559. The van der Waals surface area contributed by atoms with E-state index in [-0.39, 0.29) is 17.3 Å². The Morgan fingerprint density at radius 3 is 2.70 bits per heavy atom. The molecule has 9 nitrogen and oxygen atoms in total. The van der Waals surface area contributed by atoms with Gasteiger partial charge in [-0.25, -0.2) is 0 Å². The lowest BCUT2D eigenvalue weighted by molar-refractivity contribution is -0.384. The monoisotopic (exact) mass is 447 g/mol. The molecule has 0 aliphatic heterocycles. The largest absolute Gasteiger partial charge is 0.495 e. The van der Waals surface area contributed by atoms with Crippen LogP contribution in [-0.4, -0.2) is 38.0 Å². The first kappa shape index (κ1) is 21.6. The number of methoxy groups -OCH3 is 1. The number of benzene rings is 2. The molecule has 30 heavy (non-hydrogen) atoms. The number of thioether (sulfide) groups is 1. The van der Waals surface area contributed by atoms with E-state index in [1.807, 2.05) is 18.2 Å². The Morgan fingerprint density at radius 2 is 2.03 bits per heavy atom. The van der Waals surface area contributed by atoms with E-state index in [1.165, 1.54) is 37.1 Å². The number of nitro groups is 1. The Balaban J connectivity index is 1.77. The molecule has 0 bridgehead atoms. The molecule has 0 saturated carbocycles. The Morgan fingerprint density at radius 1 is 1.30 bits per heavy atom. The Kier molecular flexibility index (Phi) is 6.58. The van der Waals surface area contributed by atoms with Crippen LogP contribution in [0.15, 0.2) is 47.6 Å². The van der Waals surface area contributed by atoms with Gasteiger partial charge in [-0.1, -0.05) is 35.5 Å². The van der Waals surface area contributed by atoms with Gasteiger partial charge in [0.05, 0.1) is 28.0 Å². The van der Waals surface area contributed by atoms with Crippen molar-refractivity contribution in [2.45, 2.75) is 17.3 Å². The molecule has 0 aliphatic rings. The third kappa shape index (κ3) is 4.55. The first-order valence-electron chi connectivity index (χ1n) is 8.76. The van der Waals surface area contributed by atoms with E-state index in [9.17, 15) is 14.9 Å². The number of carbonyl (C=O) groups is 1. The van der Waals surface area contributed by atoms with E-state index in [4.69, 9.17) is 16.3 Å². The van der Waals surface area contributed by atoms with E-state index in [1.54, 1.807) is 24.6 Å². The van der Waals surface area contributed by atoms with E-state index in [2.05, 4.69) is 15.5 Å². The third-order valence-corrected chi connectivity index (χ3v) is 5.72. The number of hydrogen-bond acceptors (Lipinski definition) is 7. The van der Waals surface area contributed by atoms with Gasteiger partial charge in [0.1, 0.15) is 5.75 Å². The quantitative estimate of drug-likeness (QED) is 0.328. The van der Waals surface area contributed by atoms with Gasteiger partial charge in [-0.05, 0) is 25.1 Å². The zero-order valence-electron chi connectivity index (χ0n) is 16.3. The smallest absolute Gasteiger partial charge is 0.271 e. The summed E-state index contributed by atoms with van der Waals surface area (Å²) in [5, 5.41) is 22.5. The number of anilines is 1. The maximum atomic E-state index is 12.7. The predicted octanol–water partition coefficient (Wildman–Crippen LogP) is 4.17. The number of hydrogen-bond donors (Lipinski definition) is 1. The molecular formula is C19H18ClN5O4S. The number of rotatable bonds is 7. The van der Waals surface area contributed by atoms with Crippen LogP contribution < -0.4 is 10.1 Å². The van der Waals surface area contributed by atoms with Crippen LogP contribution in [0.4, 0.5) is 11.4 Å². The molecule has 11 heteroatoms. The summed E-state index contributed by atoms with van der Waals surface area (Å²) < 4.78 is 6.93. The Bertz CT molecular complexity index is 1100. The topological polar surface area (TPSA) is 112 Å². The van der Waals surface area contributed by atoms with E-state index < -0.39 is 10.2 Å². The molecule has 0 aliphatic carbocycles. The molecule has 0 fully saturated rings. The summed E-state index contributed by atoms with van der Waals surface area (Å²) in [4.78, 5) is 23.1. The number of nitrogens with zero attached hydrogens (tertiary/aromatic N) is 4. The fraction of sp³-hybridized carbons (Fsp3) is 0.211. The maximum absolute atomic E-state index is 12.7. The summed E-state index contributed by atoms with van der Waals surface area (Å²) in [7, 11) is 3.21. The summed E-state index contributed by atoms with van der Waals surface area (Å²) in [6.45, 7) is 1.70. The van der Waals surface area contributed by atoms with Crippen LogP contribution in [0.3, 0.4) is 0 Å². The third-order valence-electron chi connectivity index (χ3n) is 4.25. The molecule has 1 aromatic heterocycles. The minimum absolute atomic E-state index is 0.149. The molecule has 2 aromatic carbocycles. The molecule has 1 amide bonds. The lowest BCUT2D eigenvalue weighted by Gasteiger charge is -2.14. The summed E-state index contributed by atoms with van der Waals surface area (Å²) in [6, 6.07) is 11.3. The molecular weight excluding hydrogens is 430 g/mol. The molecule has 0 saturated heterocycles. The van der Waals surface area contributed by atoms with Crippen LogP contribution in [0.25, 0.3) is 11.4 Å². The average molecular weight is 448 g/mol. The molecule has 0 radical (unpaired) electrons. The van der Waals surface area contributed by atoms with Crippen LogP contribution >= 0.6 is 23.4 Å². The molecule has 0 unspecified atom stereocenters. The summed E-state index contributed by atoms with van der Waals surface area (Å²) in [5.74, 6) is 0.544. The number of nitrogens with one attached hydrogen (secondary N) is 1. The number of aromatic nitrogens is 3. The number of nitro benzene ring substituents is 1. The lowest BCUT2D eigenvalue weighted by Crippen LogP contribution is -2.23. The van der Waals surface area contributed by atoms with Gasteiger partial charge in [-0.2, -0.15) is 0 Å². The van der Waals surface area contributed by atoms with Crippen molar-refractivity contribution in [3.8, 4) is 17.1 Å². The standard InChI is InChI=1S/C19H18ClN5O4S/c1-11(18(26)21-15-10-12(25(27)28)8-9-16(15)29-3)30-19-23-22-17(24(19)2)13-6-4-5-7-14(13)20/h4-11H,1-3H3,(H,21,26)/t11-/m0/s1. The SMILES string of the molecule is COc1ccc([N+](=O)[O-])cc1NC(=O)[C@H](C)Sc1nnc(-c2ccccc2Cl)n1C. The maximum Gasteiger partial charge on any atom is 0.271 e. The fourth-order valence-electron chi connectivity index (χ4n) is 2.65. The number of amides is 1. The first-order valence-corrected chi connectivity index (χ1v) is 10.0. The van der Waals surface area contributed by atoms with Crippen molar-refractivity contribution in [2.75, 3.05) is 12.4 Å². The molecule has 3 aromatic rings. The Hall–Kier alpha value is -3.11. The molecule has 1 N–H and O–H groups in total. The number of non-ortho nitro benzene ring substituents is 1. The second kappa shape index (κ2) is 9.14. The van der Waals surface area contributed by atoms with Gasteiger partial charge in [0.15, 0.2) is 11.0 Å². The van der Waals surface area contributed by atoms with Crippen LogP contribution in [0.5, 0.6) is 5.75 Å². The predicted molar refractivity (Wildman–Crippen MR) is 115 cm³/mol. The second-order valence-corrected chi connectivity index (χ2v) is 7.95. The van der Waals surface area contributed by atoms with Crippen LogP contribution in [0.2, 0.25) is 5.02 Å². The minimum Gasteiger partial charge on any atom is -0.495 e. The van der Waals surface area contributed by atoms with Crippen molar-refractivity contribution in [1.29, 1.82) is 0 Å². The van der Waals surface area contributed by atoms with Crippen molar-refractivity contribution >= 4 is 40.6 Å². The second-order valence-electron chi connectivity index (χ2n) is 6.24. The number of halogens is 1. The lowest BCUT2D eigenvalue weighted by atomic mass is 10.2. The van der Waals surface area contributed by atoms with Crippen LogP contribution in [0, 0.1) is 10.1 Å². The average Bonchev–Trinajstić information content (AvgIpc) is 3.08. The van der Waals surface area contributed by atoms with E-state index in [0.717, 1.165) is 5.56 Å². The van der Waals surface area contributed by atoms with Crippen LogP contribution in [0.1, 0.15) is 6.92 Å². The van der Waals surface area contributed by atoms with Crippen molar-refractivity contribution < 1.29 is 14.5 Å². The number of carbonyl (C=O) groups excluding carboxylic acids is 1. The van der Waals surface area contributed by atoms with Crippen molar-refractivity contribution in [3.05, 3.63) is 57.6 Å². The van der Waals surface area contributed by atoms with E-state index in [0.29, 0.717) is 21.8 Å². The summed E-state index contributed by atoms with van der Waals surface area (Å²) in [6.07, 6.45) is 0. The summed E-state index contributed by atoms with van der Waals surface area (Å²) in [5.41, 5.74) is 0.808. The summed E-state index contributed by atoms with van der Waals surface area (Å²) >= 11 is 7.44. The van der Waals surface area contributed by atoms with Crippen molar-refractivity contribution in [2.24, 2.45) is 7.05 Å². The van der Waals surface area contributed by atoms with Crippen LogP contribution in [-0.2, 0) is 11.8 Å². The van der Waals surface area contributed by atoms with Gasteiger partial charge in [0, 0.05) is 24.7 Å². The van der Waals surface area contributed by atoms with Gasteiger partial charge in [-0.3, -0.25) is 14.9 Å².